The van der Waals surface area contributed by atoms with Crippen LogP contribution in [0.4, 0.5) is 5.13 Å². The van der Waals surface area contributed by atoms with Crippen molar-refractivity contribution >= 4 is 22.4 Å². The zero-order chi connectivity index (χ0) is 21.3. The molecule has 1 amide bonds. The third kappa shape index (κ3) is 3.95. The number of nitrogens with zero attached hydrogens (tertiary/aromatic N) is 2. The zero-order valence-electron chi connectivity index (χ0n) is 17.9. The summed E-state index contributed by atoms with van der Waals surface area (Å²) in [6.07, 6.45) is 9.47. The van der Waals surface area contributed by atoms with Crippen LogP contribution in [0, 0.1) is 35.5 Å². The number of carbonyl (C=O) groups is 1. The Morgan fingerprint density at radius 3 is 3.00 bits per heavy atom. The molecule has 0 aromatic carbocycles. The summed E-state index contributed by atoms with van der Waals surface area (Å²) in [6.45, 7) is 11.2. The Labute approximate surface area is 178 Å². The Hall–Kier alpha value is -1.84. The molecule has 1 saturated carbocycles. The molecule has 1 heterocycles. The average Bonchev–Trinajstić information content (AvgIpc) is 3.08. The van der Waals surface area contributed by atoms with Crippen molar-refractivity contribution in [3.8, 4) is 12.3 Å². The molecular weight excluding hydrogens is 382 g/mol. The van der Waals surface area contributed by atoms with Crippen molar-refractivity contribution in [2.45, 2.75) is 52.1 Å². The van der Waals surface area contributed by atoms with Crippen molar-refractivity contribution in [3.05, 3.63) is 23.2 Å². The fraction of sp³-hybridized carbons (Fsp3) is 0.652. The van der Waals surface area contributed by atoms with Gasteiger partial charge in [-0.2, -0.15) is 0 Å². The van der Waals surface area contributed by atoms with Gasteiger partial charge in [-0.25, -0.2) is 4.98 Å². The molecule has 0 aliphatic heterocycles. The number of aliphatic hydroxyl groups excluding tert-OH is 1. The first kappa shape index (κ1) is 21.9. The zero-order valence-corrected chi connectivity index (χ0v) is 18.8. The molecule has 5 nitrogen and oxygen atoms in total. The lowest BCUT2D eigenvalue weighted by atomic mass is 9.53. The highest BCUT2D eigenvalue weighted by molar-refractivity contribution is 7.15. The number of thiazole rings is 1. The van der Waals surface area contributed by atoms with Crippen LogP contribution in [0.15, 0.2) is 12.7 Å². The standard InChI is InChI=1S/C23H33N3O2S/c1-7-11-24-22-25-19-15(4)18-20(27)16(14(3)21(28)26(6)12-8-2)9-10-23(18,5)13-17(19)29-22/h2,7,14-16,18,20,27H,1,9-13H2,3-6H3,(H,24,25)/t14-,15-,16+,18+,20-,23-/m0/s1. The van der Waals surface area contributed by atoms with Gasteiger partial charge in [-0.05, 0) is 36.5 Å². The molecule has 0 unspecified atom stereocenters. The van der Waals surface area contributed by atoms with E-state index in [1.807, 2.05) is 13.0 Å². The Morgan fingerprint density at radius 2 is 2.34 bits per heavy atom. The van der Waals surface area contributed by atoms with Crippen molar-refractivity contribution in [2.24, 2.45) is 23.2 Å². The molecule has 2 N–H and O–H groups in total. The summed E-state index contributed by atoms with van der Waals surface area (Å²) >= 11 is 1.72. The Balaban J connectivity index is 1.84. The maximum Gasteiger partial charge on any atom is 0.226 e. The first-order chi connectivity index (χ1) is 13.7. The van der Waals surface area contributed by atoms with E-state index in [9.17, 15) is 9.90 Å². The highest BCUT2D eigenvalue weighted by atomic mass is 32.1. The van der Waals surface area contributed by atoms with Crippen LogP contribution in [0.2, 0.25) is 0 Å². The Morgan fingerprint density at radius 1 is 1.62 bits per heavy atom. The molecule has 0 bridgehead atoms. The predicted octanol–water partition coefficient (Wildman–Crippen LogP) is 3.52. The maximum atomic E-state index is 12.8. The predicted molar refractivity (Wildman–Crippen MR) is 119 cm³/mol. The SMILES string of the molecule is C#CCN(C)C(=O)[C@@H](C)[C@H]1CC[C@@]2(C)Cc3sc(NCC=C)nc3[C@@H](C)[C@@H]2[C@H]1O. The van der Waals surface area contributed by atoms with Gasteiger partial charge in [0.25, 0.3) is 0 Å². The van der Waals surface area contributed by atoms with Crippen molar-refractivity contribution in [1.82, 2.24) is 9.88 Å². The molecule has 158 valence electrons. The van der Waals surface area contributed by atoms with Crippen LogP contribution in [0.3, 0.4) is 0 Å². The fourth-order valence-electron chi connectivity index (χ4n) is 5.53. The number of nitrogens with one attached hydrogen (secondary N) is 1. The van der Waals surface area contributed by atoms with Gasteiger partial charge in [0.1, 0.15) is 0 Å². The molecule has 0 saturated heterocycles. The van der Waals surface area contributed by atoms with Crippen LogP contribution in [-0.4, -0.2) is 47.1 Å². The van der Waals surface area contributed by atoms with E-state index in [0.29, 0.717) is 13.1 Å². The second kappa shape index (κ2) is 8.49. The third-order valence-corrected chi connectivity index (χ3v) is 8.08. The highest BCUT2D eigenvalue weighted by Crippen LogP contribution is 2.57. The lowest BCUT2D eigenvalue weighted by molar-refractivity contribution is -0.142. The molecular formula is C23H33N3O2S. The molecule has 3 rings (SSSR count). The maximum absolute atomic E-state index is 12.8. The van der Waals surface area contributed by atoms with Crippen molar-refractivity contribution in [3.63, 3.8) is 0 Å². The van der Waals surface area contributed by atoms with Crippen molar-refractivity contribution < 1.29 is 9.90 Å². The minimum atomic E-state index is -0.527. The minimum Gasteiger partial charge on any atom is -0.392 e. The van der Waals surface area contributed by atoms with E-state index >= 15 is 0 Å². The molecule has 2 aliphatic rings. The van der Waals surface area contributed by atoms with Crippen molar-refractivity contribution in [2.75, 3.05) is 25.5 Å². The minimum absolute atomic E-state index is 0.0179. The number of hydrogen-bond donors (Lipinski definition) is 2. The van der Waals surface area contributed by atoms with E-state index in [-0.39, 0.29) is 35.0 Å². The van der Waals surface area contributed by atoms with Crippen LogP contribution >= 0.6 is 11.3 Å². The number of terminal acetylenes is 1. The van der Waals surface area contributed by atoms with E-state index in [2.05, 4.69) is 31.7 Å². The van der Waals surface area contributed by atoms with Gasteiger partial charge in [0.05, 0.1) is 18.3 Å². The second-order valence-corrected chi connectivity index (χ2v) is 10.1. The summed E-state index contributed by atoms with van der Waals surface area (Å²) in [4.78, 5) is 20.5. The van der Waals surface area contributed by atoms with Gasteiger partial charge in [0, 0.05) is 30.3 Å². The number of aliphatic hydroxyl groups is 1. The van der Waals surface area contributed by atoms with Crippen LogP contribution in [-0.2, 0) is 11.2 Å². The first-order valence-electron chi connectivity index (χ1n) is 10.4. The van der Waals surface area contributed by atoms with Crippen LogP contribution in [0.5, 0.6) is 0 Å². The molecule has 2 aliphatic carbocycles. The summed E-state index contributed by atoms with van der Waals surface area (Å²) in [5.41, 5.74) is 1.13. The van der Waals surface area contributed by atoms with Gasteiger partial charge in [-0.15, -0.1) is 24.3 Å². The van der Waals surface area contributed by atoms with E-state index in [1.54, 1.807) is 23.3 Å². The quantitative estimate of drug-likeness (QED) is 0.551. The molecule has 1 aromatic heterocycles. The molecule has 29 heavy (non-hydrogen) atoms. The monoisotopic (exact) mass is 415 g/mol. The Kier molecular flexibility index (Phi) is 6.40. The number of rotatable bonds is 6. The second-order valence-electron chi connectivity index (χ2n) is 9.02. The average molecular weight is 416 g/mol. The van der Waals surface area contributed by atoms with E-state index in [4.69, 9.17) is 11.4 Å². The number of anilines is 1. The summed E-state index contributed by atoms with van der Waals surface area (Å²) < 4.78 is 0. The lowest BCUT2D eigenvalue weighted by Crippen LogP contribution is -2.53. The van der Waals surface area contributed by atoms with Gasteiger partial charge >= 0.3 is 0 Å². The molecule has 6 atom stereocenters. The molecule has 1 fully saturated rings. The van der Waals surface area contributed by atoms with Gasteiger partial charge in [-0.3, -0.25) is 4.79 Å². The summed E-state index contributed by atoms with van der Waals surface area (Å²) in [5, 5.41) is 15.7. The summed E-state index contributed by atoms with van der Waals surface area (Å²) in [5.74, 6) is 2.49. The number of fused-ring (bicyclic) bond motifs is 2. The molecule has 0 spiro atoms. The third-order valence-electron chi connectivity index (χ3n) is 7.06. The highest BCUT2D eigenvalue weighted by Gasteiger charge is 2.54. The molecule has 6 heteroatoms. The largest absolute Gasteiger partial charge is 0.392 e. The number of hydrogen-bond acceptors (Lipinski definition) is 5. The van der Waals surface area contributed by atoms with E-state index in [0.717, 1.165) is 30.1 Å². The van der Waals surface area contributed by atoms with E-state index in [1.165, 1.54) is 4.88 Å². The summed E-state index contributed by atoms with van der Waals surface area (Å²) in [7, 11) is 1.74. The van der Waals surface area contributed by atoms with Crippen LogP contribution in [0.25, 0.3) is 0 Å². The fourth-order valence-corrected chi connectivity index (χ4v) is 6.80. The van der Waals surface area contributed by atoms with Gasteiger partial charge in [0.15, 0.2) is 5.13 Å². The lowest BCUT2D eigenvalue weighted by Gasteiger charge is -2.53. The van der Waals surface area contributed by atoms with Crippen LogP contribution in [0.1, 0.15) is 50.1 Å². The summed E-state index contributed by atoms with van der Waals surface area (Å²) in [6, 6.07) is 0. The van der Waals surface area contributed by atoms with Gasteiger partial charge in [-0.1, -0.05) is 32.8 Å². The number of aromatic nitrogens is 1. The molecule has 1 aromatic rings. The first-order valence-corrected chi connectivity index (χ1v) is 11.3. The normalized spacial score (nSPS) is 31.7. The van der Waals surface area contributed by atoms with E-state index < -0.39 is 6.10 Å². The number of carbonyl (C=O) groups excluding carboxylic acids is 1. The Bertz CT molecular complexity index is 814. The smallest absolute Gasteiger partial charge is 0.226 e. The topological polar surface area (TPSA) is 65.5 Å². The molecule has 0 radical (unpaired) electrons. The van der Waals surface area contributed by atoms with Gasteiger partial charge < -0.3 is 15.3 Å². The van der Waals surface area contributed by atoms with Gasteiger partial charge in [0.2, 0.25) is 5.91 Å². The van der Waals surface area contributed by atoms with Crippen molar-refractivity contribution in [1.29, 1.82) is 0 Å². The number of amides is 1. The van der Waals surface area contributed by atoms with Crippen LogP contribution < -0.4 is 5.32 Å².